The fraction of sp³-hybridized carbons (Fsp3) is 0.0833. The van der Waals surface area contributed by atoms with Crippen molar-refractivity contribution in [3.63, 3.8) is 0 Å². The Balaban J connectivity index is 2.31. The van der Waals surface area contributed by atoms with Crippen LogP contribution in [0.2, 0.25) is 5.15 Å². The van der Waals surface area contributed by atoms with Gasteiger partial charge in [0.1, 0.15) is 5.15 Å². The Bertz CT molecular complexity index is 551. The van der Waals surface area contributed by atoms with Crippen molar-refractivity contribution in [1.29, 1.82) is 0 Å². The van der Waals surface area contributed by atoms with Crippen molar-refractivity contribution in [1.82, 2.24) is 4.98 Å². The highest BCUT2D eigenvalue weighted by Crippen LogP contribution is 2.40. The summed E-state index contributed by atoms with van der Waals surface area (Å²) in [7, 11) is 0. The van der Waals surface area contributed by atoms with Crippen molar-refractivity contribution in [2.24, 2.45) is 0 Å². The summed E-state index contributed by atoms with van der Waals surface area (Å²) in [5.41, 5.74) is 4.89. The summed E-state index contributed by atoms with van der Waals surface area (Å²) in [6.45, 7) is 0. The van der Waals surface area contributed by atoms with Gasteiger partial charge in [0.25, 0.3) is 0 Å². The number of nitrogens with zero attached hydrogens (tertiary/aromatic N) is 1. The van der Waals surface area contributed by atoms with Crippen molar-refractivity contribution in [2.45, 2.75) is 6.42 Å². The monoisotopic (exact) mass is 279 g/mol. The Morgan fingerprint density at radius 1 is 1.20 bits per heavy atom. The molecule has 0 atom stereocenters. The molecule has 0 aliphatic heterocycles. The van der Waals surface area contributed by atoms with E-state index in [9.17, 15) is 0 Å². The molecule has 15 heavy (non-hydrogen) atoms. The summed E-state index contributed by atoms with van der Waals surface area (Å²) in [4.78, 5) is 4.13. The number of hydrogen-bond acceptors (Lipinski definition) is 1. The van der Waals surface area contributed by atoms with Gasteiger partial charge in [-0.05, 0) is 41.3 Å². The number of halogens is 2. The lowest BCUT2D eigenvalue weighted by atomic mass is 10.1. The van der Waals surface area contributed by atoms with Crippen LogP contribution >= 0.6 is 27.5 Å². The molecule has 2 aromatic rings. The first-order valence-electron chi connectivity index (χ1n) is 4.68. The number of aromatic nitrogens is 1. The highest BCUT2D eigenvalue weighted by atomic mass is 79.9. The molecule has 74 valence electrons. The topological polar surface area (TPSA) is 12.9 Å². The predicted octanol–water partition coefficient (Wildman–Crippen LogP) is 4.07. The third-order valence-corrected chi connectivity index (χ3v) is 3.49. The van der Waals surface area contributed by atoms with Crippen LogP contribution in [0.1, 0.15) is 11.1 Å². The van der Waals surface area contributed by atoms with E-state index in [1.54, 1.807) is 6.20 Å². The summed E-state index contributed by atoms with van der Waals surface area (Å²) in [5, 5.41) is 0.605. The van der Waals surface area contributed by atoms with Gasteiger partial charge in [-0.15, -0.1) is 0 Å². The van der Waals surface area contributed by atoms with E-state index in [1.165, 1.54) is 16.7 Å². The molecular formula is C12H7BrClN. The van der Waals surface area contributed by atoms with E-state index in [1.807, 2.05) is 12.1 Å². The van der Waals surface area contributed by atoms with Crippen LogP contribution in [-0.2, 0) is 6.42 Å². The highest BCUT2D eigenvalue weighted by Gasteiger charge is 2.21. The minimum Gasteiger partial charge on any atom is -0.244 e. The van der Waals surface area contributed by atoms with Crippen LogP contribution in [0.5, 0.6) is 0 Å². The first kappa shape index (κ1) is 9.37. The maximum Gasteiger partial charge on any atom is 0.137 e. The van der Waals surface area contributed by atoms with Crippen molar-refractivity contribution >= 4 is 27.5 Å². The summed E-state index contributed by atoms with van der Waals surface area (Å²) in [5.74, 6) is 0. The Morgan fingerprint density at radius 3 is 2.93 bits per heavy atom. The smallest absolute Gasteiger partial charge is 0.137 e. The maximum atomic E-state index is 6.11. The second-order valence-electron chi connectivity index (χ2n) is 3.61. The zero-order chi connectivity index (χ0) is 10.4. The Labute approximate surface area is 101 Å². The molecule has 1 nitrogen and oxygen atoms in total. The van der Waals surface area contributed by atoms with Gasteiger partial charge in [0.05, 0.1) is 0 Å². The molecule has 0 fully saturated rings. The van der Waals surface area contributed by atoms with Crippen LogP contribution in [0.25, 0.3) is 11.1 Å². The summed E-state index contributed by atoms with van der Waals surface area (Å²) < 4.78 is 1.11. The predicted molar refractivity (Wildman–Crippen MR) is 65.2 cm³/mol. The van der Waals surface area contributed by atoms with E-state index in [0.717, 1.165) is 16.5 Å². The van der Waals surface area contributed by atoms with Crippen molar-refractivity contribution in [2.75, 3.05) is 0 Å². The van der Waals surface area contributed by atoms with E-state index >= 15 is 0 Å². The van der Waals surface area contributed by atoms with E-state index in [4.69, 9.17) is 11.6 Å². The number of hydrogen-bond donors (Lipinski definition) is 0. The molecule has 1 aromatic heterocycles. The first-order chi connectivity index (χ1) is 7.25. The third kappa shape index (κ3) is 1.40. The van der Waals surface area contributed by atoms with Crippen molar-refractivity contribution in [3.05, 3.63) is 51.2 Å². The number of pyridine rings is 1. The fourth-order valence-corrected chi connectivity index (χ4v) is 2.75. The fourth-order valence-electron chi connectivity index (χ4n) is 2.06. The molecule has 0 bridgehead atoms. The lowest BCUT2D eigenvalue weighted by Gasteiger charge is -2.02. The Morgan fingerprint density at radius 2 is 2.07 bits per heavy atom. The summed E-state index contributed by atoms with van der Waals surface area (Å²) >= 11 is 9.59. The minimum absolute atomic E-state index is 0.605. The average Bonchev–Trinajstić information content (AvgIpc) is 2.56. The van der Waals surface area contributed by atoms with Gasteiger partial charge in [-0.3, -0.25) is 0 Å². The quantitative estimate of drug-likeness (QED) is 0.566. The molecule has 0 saturated heterocycles. The van der Waals surface area contributed by atoms with E-state index < -0.39 is 0 Å². The standard InChI is InChI=1S/C12H7BrClN/c13-9-1-2-10-8(6-9)5-7-3-4-15-12(14)11(7)10/h1-4,6H,5H2. The van der Waals surface area contributed by atoms with Crippen molar-refractivity contribution in [3.8, 4) is 11.1 Å². The maximum absolute atomic E-state index is 6.11. The molecule has 0 spiro atoms. The van der Waals surface area contributed by atoms with Crippen LogP contribution in [0.15, 0.2) is 34.9 Å². The summed E-state index contributed by atoms with van der Waals surface area (Å²) in [6.07, 6.45) is 2.72. The second kappa shape index (κ2) is 3.32. The Kier molecular flexibility index (Phi) is 2.08. The first-order valence-corrected chi connectivity index (χ1v) is 5.85. The SMILES string of the molecule is Clc1nccc2c1-c1ccc(Br)cc1C2. The molecule has 3 rings (SSSR count). The second-order valence-corrected chi connectivity index (χ2v) is 4.89. The van der Waals surface area contributed by atoms with E-state index in [2.05, 4.69) is 33.0 Å². The van der Waals surface area contributed by atoms with Gasteiger partial charge in [0.2, 0.25) is 0 Å². The third-order valence-electron chi connectivity index (χ3n) is 2.71. The molecule has 0 unspecified atom stereocenters. The lowest BCUT2D eigenvalue weighted by Crippen LogP contribution is -1.82. The molecule has 1 heterocycles. The molecule has 0 radical (unpaired) electrons. The van der Waals surface area contributed by atoms with Gasteiger partial charge < -0.3 is 0 Å². The molecule has 0 N–H and O–H groups in total. The van der Waals surface area contributed by atoms with Crippen LogP contribution in [-0.4, -0.2) is 4.98 Å². The minimum atomic E-state index is 0.605. The van der Waals surface area contributed by atoms with Gasteiger partial charge in [-0.2, -0.15) is 0 Å². The zero-order valence-electron chi connectivity index (χ0n) is 7.80. The number of rotatable bonds is 0. The molecule has 0 saturated carbocycles. The molecule has 1 aliphatic rings. The zero-order valence-corrected chi connectivity index (χ0v) is 10.1. The Hall–Kier alpha value is -0.860. The summed E-state index contributed by atoms with van der Waals surface area (Å²) in [6, 6.07) is 8.32. The van der Waals surface area contributed by atoms with Gasteiger partial charge in [-0.25, -0.2) is 4.98 Å². The molecule has 3 heteroatoms. The number of benzene rings is 1. The molecular weight excluding hydrogens is 273 g/mol. The van der Waals surface area contributed by atoms with Gasteiger partial charge in [-0.1, -0.05) is 33.6 Å². The van der Waals surface area contributed by atoms with Crippen LogP contribution in [0.3, 0.4) is 0 Å². The van der Waals surface area contributed by atoms with E-state index in [-0.39, 0.29) is 0 Å². The van der Waals surface area contributed by atoms with Crippen LogP contribution < -0.4 is 0 Å². The van der Waals surface area contributed by atoms with Gasteiger partial charge >= 0.3 is 0 Å². The largest absolute Gasteiger partial charge is 0.244 e. The van der Waals surface area contributed by atoms with Crippen LogP contribution in [0, 0.1) is 0 Å². The van der Waals surface area contributed by atoms with E-state index in [0.29, 0.717) is 5.15 Å². The van der Waals surface area contributed by atoms with Crippen molar-refractivity contribution < 1.29 is 0 Å². The number of fused-ring (bicyclic) bond motifs is 3. The lowest BCUT2D eigenvalue weighted by molar-refractivity contribution is 1.23. The molecule has 1 aliphatic carbocycles. The average molecular weight is 281 g/mol. The normalized spacial score (nSPS) is 12.4. The molecule has 1 aromatic carbocycles. The highest BCUT2D eigenvalue weighted by molar-refractivity contribution is 9.10. The van der Waals surface area contributed by atoms with Crippen LogP contribution in [0.4, 0.5) is 0 Å². The van der Waals surface area contributed by atoms with Gasteiger partial charge in [0, 0.05) is 16.2 Å². The molecule has 0 amide bonds. The van der Waals surface area contributed by atoms with Gasteiger partial charge in [0.15, 0.2) is 0 Å².